The number of alkyl halides is 2. The fourth-order valence-electron chi connectivity index (χ4n) is 6.55. The molecule has 2 atom stereocenters. The number of ether oxygens (including phenoxy) is 1. The van der Waals surface area contributed by atoms with Crippen LogP contribution in [0.4, 0.5) is 13.6 Å². The van der Waals surface area contributed by atoms with Crippen molar-refractivity contribution >= 4 is 18.0 Å². The van der Waals surface area contributed by atoms with Crippen LogP contribution in [-0.4, -0.2) is 76.6 Å². The third-order valence-corrected chi connectivity index (χ3v) is 8.51. The maximum atomic E-state index is 14.4. The molecule has 3 aliphatic rings. The number of aliphatic carboxylic acids is 1. The second-order valence-corrected chi connectivity index (χ2v) is 11.3. The maximum absolute atomic E-state index is 14.4. The van der Waals surface area contributed by atoms with Crippen molar-refractivity contribution in [3.05, 3.63) is 95.6 Å². The highest BCUT2D eigenvalue weighted by Crippen LogP contribution is 2.44. The number of nitrogens with one attached hydrogen (secondary N) is 1. The molecule has 0 aromatic heterocycles. The summed E-state index contributed by atoms with van der Waals surface area (Å²) in [5, 5.41) is 12.3. The molecule has 0 spiro atoms. The zero-order valence-corrected chi connectivity index (χ0v) is 22.8. The number of fused-ring (bicyclic) bond motifs is 3. The second kappa shape index (κ2) is 10.8. The number of amides is 2. The maximum Gasteiger partial charge on any atom is 0.408 e. The van der Waals surface area contributed by atoms with Crippen LogP contribution in [0.1, 0.15) is 35.4 Å². The van der Waals surface area contributed by atoms with Gasteiger partial charge in [0.15, 0.2) is 0 Å². The molecule has 1 aliphatic carbocycles. The van der Waals surface area contributed by atoms with E-state index in [4.69, 9.17) is 4.74 Å². The Bertz CT molecular complexity index is 1470. The van der Waals surface area contributed by atoms with Crippen LogP contribution in [0.2, 0.25) is 0 Å². The normalized spacial score (nSPS) is 22.9. The van der Waals surface area contributed by atoms with E-state index in [-0.39, 0.29) is 25.5 Å². The lowest BCUT2D eigenvalue weighted by atomic mass is 9.96. The quantitative estimate of drug-likeness (QED) is 0.431. The first-order valence-corrected chi connectivity index (χ1v) is 14.0. The molecule has 2 aliphatic heterocycles. The zero-order chi connectivity index (χ0) is 29.5. The van der Waals surface area contributed by atoms with Gasteiger partial charge < -0.3 is 20.1 Å². The Hall–Kier alpha value is -4.31. The van der Waals surface area contributed by atoms with Gasteiger partial charge in [-0.3, -0.25) is 9.69 Å². The number of alkyl carbamates (subject to hydrolysis) is 1. The summed E-state index contributed by atoms with van der Waals surface area (Å²) in [5.41, 5.74) is 3.54. The number of nitrogens with zero attached hydrogens (tertiary/aromatic N) is 2. The molecule has 0 saturated carbocycles. The number of carboxylic acid groups (broad SMARTS) is 1. The molecule has 2 N–H and O–H groups in total. The van der Waals surface area contributed by atoms with Crippen LogP contribution in [0.3, 0.4) is 0 Å². The van der Waals surface area contributed by atoms with Gasteiger partial charge in [-0.25, -0.2) is 18.4 Å². The molecular weight excluding hydrogens is 544 g/mol. The van der Waals surface area contributed by atoms with Crippen molar-refractivity contribution in [1.29, 1.82) is 0 Å². The largest absolute Gasteiger partial charge is 0.480 e. The van der Waals surface area contributed by atoms with Gasteiger partial charge in [0, 0.05) is 32.0 Å². The van der Waals surface area contributed by atoms with Crippen molar-refractivity contribution in [2.75, 3.05) is 26.2 Å². The first-order chi connectivity index (χ1) is 20.2. The summed E-state index contributed by atoms with van der Waals surface area (Å²) >= 11 is 0. The Balaban J connectivity index is 1.22. The molecule has 1 unspecified atom stereocenters. The highest BCUT2D eigenvalue weighted by molar-refractivity contribution is 5.94. The van der Waals surface area contributed by atoms with Crippen molar-refractivity contribution < 1.29 is 33.0 Å². The van der Waals surface area contributed by atoms with Crippen molar-refractivity contribution in [3.8, 4) is 11.1 Å². The average molecular weight is 576 g/mol. The number of carbonyl (C=O) groups is 3. The topological polar surface area (TPSA) is 99.2 Å². The van der Waals surface area contributed by atoms with Crippen LogP contribution in [0.5, 0.6) is 0 Å². The summed E-state index contributed by atoms with van der Waals surface area (Å²) in [7, 11) is 0. The van der Waals surface area contributed by atoms with E-state index in [1.165, 1.54) is 0 Å². The molecule has 42 heavy (non-hydrogen) atoms. The zero-order valence-electron chi connectivity index (χ0n) is 22.8. The van der Waals surface area contributed by atoms with E-state index in [2.05, 4.69) is 5.32 Å². The first kappa shape index (κ1) is 27.8. The number of carboxylic acids is 1. The predicted octanol–water partition coefficient (Wildman–Crippen LogP) is 4.49. The summed E-state index contributed by atoms with van der Waals surface area (Å²) in [4.78, 5) is 41.8. The molecule has 6 rings (SSSR count). The van der Waals surface area contributed by atoms with Crippen molar-refractivity contribution in [3.63, 3.8) is 0 Å². The number of benzene rings is 3. The third kappa shape index (κ3) is 5.22. The van der Waals surface area contributed by atoms with Crippen molar-refractivity contribution in [2.45, 2.75) is 42.8 Å². The number of carbonyl (C=O) groups excluding carboxylic acids is 2. The van der Waals surface area contributed by atoms with Crippen LogP contribution >= 0.6 is 0 Å². The minimum absolute atomic E-state index is 0.0113. The molecule has 0 bridgehead atoms. The lowest BCUT2D eigenvalue weighted by Crippen LogP contribution is -2.62. The lowest BCUT2D eigenvalue weighted by Gasteiger charge is -2.34. The number of likely N-dealkylation sites (tertiary alicyclic amines) is 2. The molecule has 2 heterocycles. The number of hydrogen-bond donors (Lipinski definition) is 2. The van der Waals surface area contributed by atoms with E-state index in [9.17, 15) is 28.3 Å². The van der Waals surface area contributed by atoms with Crippen LogP contribution in [-0.2, 0) is 20.9 Å². The summed E-state index contributed by atoms with van der Waals surface area (Å²) in [6.07, 6.45) is -1.70. The highest BCUT2D eigenvalue weighted by atomic mass is 19.3. The van der Waals surface area contributed by atoms with Crippen LogP contribution in [0.25, 0.3) is 11.1 Å². The molecule has 3 aromatic carbocycles. The van der Waals surface area contributed by atoms with Crippen molar-refractivity contribution in [1.82, 2.24) is 15.1 Å². The van der Waals surface area contributed by atoms with Gasteiger partial charge in [0.1, 0.15) is 18.2 Å². The van der Waals surface area contributed by atoms with Crippen LogP contribution < -0.4 is 5.32 Å². The molecular formula is C32H31F2N3O5. The van der Waals surface area contributed by atoms with Gasteiger partial charge in [-0.1, -0.05) is 78.9 Å². The number of hydrogen-bond acceptors (Lipinski definition) is 5. The minimum Gasteiger partial charge on any atom is -0.480 e. The Morgan fingerprint density at radius 2 is 1.52 bits per heavy atom. The summed E-state index contributed by atoms with van der Waals surface area (Å²) in [6.45, 7) is -0.112. The standard InChI is InChI=1S/C32H31F2N3O5/c33-32(34)16-27(28(38)39)37(20-32)29(40)31(14-15-36(19-31)17-21-8-2-1-3-9-21)35-30(41)42-18-26-24-12-6-4-10-22(24)23-11-5-7-13-25(23)26/h1-13,26-27H,14-20H2,(H,35,41)(H,38,39)/t27-,31?/m0/s1. The van der Waals surface area contributed by atoms with Gasteiger partial charge in [-0.15, -0.1) is 0 Å². The molecule has 2 saturated heterocycles. The predicted molar refractivity (Wildman–Crippen MR) is 150 cm³/mol. The second-order valence-electron chi connectivity index (χ2n) is 11.3. The fraction of sp³-hybridized carbons (Fsp3) is 0.344. The smallest absolute Gasteiger partial charge is 0.408 e. The minimum atomic E-state index is -3.34. The Labute approximate surface area is 241 Å². The molecule has 3 aromatic rings. The fourth-order valence-corrected chi connectivity index (χ4v) is 6.55. The van der Waals surface area contributed by atoms with E-state index in [0.29, 0.717) is 18.0 Å². The molecule has 2 fully saturated rings. The van der Waals surface area contributed by atoms with Crippen LogP contribution in [0, 0.1) is 0 Å². The van der Waals surface area contributed by atoms with E-state index in [0.717, 1.165) is 27.8 Å². The van der Waals surface area contributed by atoms with Gasteiger partial charge >= 0.3 is 12.1 Å². The number of halogens is 2. The molecule has 10 heteroatoms. The lowest BCUT2D eigenvalue weighted by molar-refractivity contribution is -0.151. The highest BCUT2D eigenvalue weighted by Gasteiger charge is 2.56. The molecule has 218 valence electrons. The average Bonchev–Trinajstić information content (AvgIpc) is 3.64. The Morgan fingerprint density at radius 3 is 2.17 bits per heavy atom. The van der Waals surface area contributed by atoms with Crippen LogP contribution in [0.15, 0.2) is 78.9 Å². The van der Waals surface area contributed by atoms with Crippen molar-refractivity contribution in [2.24, 2.45) is 0 Å². The van der Waals surface area contributed by atoms with Gasteiger partial charge in [-0.2, -0.15) is 0 Å². The van der Waals surface area contributed by atoms with E-state index < -0.39 is 48.4 Å². The molecule has 2 amide bonds. The summed E-state index contributed by atoms with van der Waals surface area (Å²) in [6, 6.07) is 23.6. The molecule has 8 nitrogen and oxygen atoms in total. The first-order valence-electron chi connectivity index (χ1n) is 14.0. The SMILES string of the molecule is O=C(NC1(C(=O)N2CC(F)(F)C[C@H]2C(=O)O)CCN(Cc2ccccc2)C1)OCC1c2ccccc2-c2ccccc21. The summed E-state index contributed by atoms with van der Waals surface area (Å²) in [5.74, 6) is -5.89. The number of rotatable bonds is 7. The van der Waals surface area contributed by atoms with Gasteiger partial charge in [0.25, 0.3) is 11.8 Å². The molecule has 0 radical (unpaired) electrons. The van der Waals surface area contributed by atoms with Gasteiger partial charge in [0.2, 0.25) is 0 Å². The monoisotopic (exact) mass is 575 g/mol. The third-order valence-electron chi connectivity index (χ3n) is 8.51. The van der Waals surface area contributed by atoms with Gasteiger partial charge in [-0.05, 0) is 34.2 Å². The van der Waals surface area contributed by atoms with E-state index in [1.54, 1.807) is 0 Å². The Kier molecular flexibility index (Phi) is 7.18. The van der Waals surface area contributed by atoms with E-state index >= 15 is 0 Å². The van der Waals surface area contributed by atoms with Gasteiger partial charge in [0.05, 0.1) is 6.54 Å². The summed E-state index contributed by atoms with van der Waals surface area (Å²) < 4.78 is 34.4. The van der Waals surface area contributed by atoms with E-state index in [1.807, 2.05) is 83.8 Å². The Morgan fingerprint density at radius 1 is 0.905 bits per heavy atom.